The van der Waals surface area contributed by atoms with Gasteiger partial charge in [-0.1, -0.05) is 6.92 Å². The van der Waals surface area contributed by atoms with E-state index < -0.39 is 0 Å². The number of aromatic nitrogens is 2. The minimum absolute atomic E-state index is 0.265. The number of nitrogens with one attached hydrogen (secondary N) is 1. The highest BCUT2D eigenvalue weighted by atomic mass is 32.1. The van der Waals surface area contributed by atoms with Gasteiger partial charge in [0.25, 0.3) is 11.1 Å². The second kappa shape index (κ2) is 6.40. The summed E-state index contributed by atoms with van der Waals surface area (Å²) in [5.41, 5.74) is 0.653. The molecule has 0 aliphatic heterocycles. The first-order valence-electron chi connectivity index (χ1n) is 6.70. The zero-order valence-electron chi connectivity index (χ0n) is 11.8. The zero-order valence-corrected chi connectivity index (χ0v) is 12.6. The van der Waals surface area contributed by atoms with E-state index in [2.05, 4.69) is 14.7 Å². The Morgan fingerprint density at radius 3 is 2.77 bits per heavy atom. The summed E-state index contributed by atoms with van der Waals surface area (Å²) in [6.07, 6.45) is 2.23. The fourth-order valence-electron chi connectivity index (χ4n) is 1.73. The Kier molecular flexibility index (Phi) is 4.15. The number of rotatable bonds is 5. The molecular weight excluding hydrogens is 302 g/mol. The van der Waals surface area contributed by atoms with Gasteiger partial charge in [-0.2, -0.15) is 9.36 Å². The molecule has 0 saturated carbocycles. The first kappa shape index (κ1) is 14.3. The van der Waals surface area contributed by atoms with Gasteiger partial charge in [-0.3, -0.25) is 4.79 Å². The highest BCUT2D eigenvalue weighted by Gasteiger charge is 2.09. The molecule has 0 spiro atoms. The van der Waals surface area contributed by atoms with Crippen LogP contribution in [0.2, 0.25) is 0 Å². The predicted molar refractivity (Wildman–Crippen MR) is 82.5 cm³/mol. The van der Waals surface area contributed by atoms with Crippen LogP contribution in [0.4, 0.5) is 5.69 Å². The van der Waals surface area contributed by atoms with Crippen molar-refractivity contribution in [1.29, 1.82) is 0 Å². The smallest absolute Gasteiger partial charge is 0.298 e. The maximum Gasteiger partial charge on any atom is 0.298 e. The number of carbonyl (C=O) groups is 1. The van der Waals surface area contributed by atoms with Crippen molar-refractivity contribution in [2.24, 2.45) is 0 Å². The minimum atomic E-state index is -0.296. The quantitative estimate of drug-likeness (QED) is 0.776. The van der Waals surface area contributed by atoms with Crippen LogP contribution in [0, 0.1) is 0 Å². The molecular formula is C15H13N3O3S. The van der Waals surface area contributed by atoms with E-state index in [4.69, 9.17) is 9.15 Å². The van der Waals surface area contributed by atoms with Crippen LogP contribution in [0.25, 0.3) is 0 Å². The van der Waals surface area contributed by atoms with Crippen LogP contribution >= 0.6 is 11.5 Å². The van der Waals surface area contributed by atoms with E-state index in [-0.39, 0.29) is 11.7 Å². The number of carbonyl (C=O) groups excluding carboxylic acids is 1. The van der Waals surface area contributed by atoms with Gasteiger partial charge in [-0.05, 0) is 36.4 Å². The van der Waals surface area contributed by atoms with Crippen molar-refractivity contribution < 1.29 is 13.9 Å². The number of hydrogen-bond donors (Lipinski definition) is 1. The monoisotopic (exact) mass is 315 g/mol. The van der Waals surface area contributed by atoms with Crippen LogP contribution in [0.5, 0.6) is 10.9 Å². The molecule has 112 valence electrons. The maximum atomic E-state index is 11.8. The van der Waals surface area contributed by atoms with Crippen molar-refractivity contribution >= 4 is 23.1 Å². The average Bonchev–Trinajstić information content (AvgIpc) is 3.20. The Labute approximate surface area is 130 Å². The SMILES string of the molecule is CCc1nsc(Oc2ccc(NC(=O)c3ccco3)cc2)n1. The van der Waals surface area contributed by atoms with Gasteiger partial charge in [-0.25, -0.2) is 0 Å². The van der Waals surface area contributed by atoms with E-state index in [9.17, 15) is 4.79 Å². The molecule has 0 bridgehead atoms. The van der Waals surface area contributed by atoms with Gasteiger partial charge in [-0.15, -0.1) is 0 Å². The molecule has 6 nitrogen and oxygen atoms in total. The number of anilines is 1. The molecule has 1 aromatic carbocycles. The van der Waals surface area contributed by atoms with Crippen LogP contribution in [0.15, 0.2) is 47.1 Å². The van der Waals surface area contributed by atoms with E-state index in [0.717, 1.165) is 12.2 Å². The van der Waals surface area contributed by atoms with Crippen molar-refractivity contribution in [3.05, 3.63) is 54.2 Å². The molecule has 0 aliphatic carbocycles. The molecule has 2 heterocycles. The Hall–Kier alpha value is -2.67. The molecule has 2 aromatic heterocycles. The van der Waals surface area contributed by atoms with Crippen LogP contribution in [-0.2, 0) is 6.42 Å². The van der Waals surface area contributed by atoms with Crippen molar-refractivity contribution in [3.8, 4) is 10.9 Å². The van der Waals surface area contributed by atoms with Gasteiger partial charge in [0, 0.05) is 23.6 Å². The van der Waals surface area contributed by atoms with E-state index >= 15 is 0 Å². The summed E-state index contributed by atoms with van der Waals surface area (Å²) in [5.74, 6) is 1.37. The number of benzene rings is 1. The van der Waals surface area contributed by atoms with Crippen LogP contribution < -0.4 is 10.1 Å². The third-order valence-corrected chi connectivity index (χ3v) is 3.46. The van der Waals surface area contributed by atoms with Crippen LogP contribution in [0.1, 0.15) is 23.3 Å². The maximum absolute atomic E-state index is 11.8. The van der Waals surface area contributed by atoms with Gasteiger partial charge in [0.15, 0.2) is 5.76 Å². The molecule has 1 N–H and O–H groups in total. The molecule has 0 unspecified atom stereocenters. The van der Waals surface area contributed by atoms with Gasteiger partial charge >= 0.3 is 0 Å². The third kappa shape index (κ3) is 3.32. The molecule has 0 fully saturated rings. The second-order valence-electron chi connectivity index (χ2n) is 4.39. The number of ether oxygens (including phenoxy) is 1. The number of amides is 1. The van der Waals surface area contributed by atoms with E-state index in [1.165, 1.54) is 17.8 Å². The minimum Gasteiger partial charge on any atom is -0.459 e. The molecule has 7 heteroatoms. The van der Waals surface area contributed by atoms with Gasteiger partial charge in [0.05, 0.1) is 6.26 Å². The second-order valence-corrected chi connectivity index (χ2v) is 5.10. The molecule has 3 rings (SSSR count). The van der Waals surface area contributed by atoms with Crippen molar-refractivity contribution in [1.82, 2.24) is 9.36 Å². The van der Waals surface area contributed by atoms with Crippen LogP contribution in [-0.4, -0.2) is 15.3 Å². The Balaban J connectivity index is 1.63. The summed E-state index contributed by atoms with van der Waals surface area (Å²) < 4.78 is 14.8. The van der Waals surface area contributed by atoms with E-state index in [1.807, 2.05) is 6.92 Å². The number of hydrogen-bond acceptors (Lipinski definition) is 6. The summed E-state index contributed by atoms with van der Waals surface area (Å²) in [5, 5.41) is 3.24. The first-order valence-corrected chi connectivity index (χ1v) is 7.47. The van der Waals surface area contributed by atoms with Gasteiger partial charge in [0.1, 0.15) is 11.6 Å². The summed E-state index contributed by atoms with van der Waals surface area (Å²) in [6.45, 7) is 1.99. The lowest BCUT2D eigenvalue weighted by molar-refractivity contribution is 0.0996. The van der Waals surface area contributed by atoms with E-state index in [1.54, 1.807) is 36.4 Å². The summed E-state index contributed by atoms with van der Waals surface area (Å²) >= 11 is 1.22. The third-order valence-electron chi connectivity index (χ3n) is 2.83. The molecule has 22 heavy (non-hydrogen) atoms. The first-order chi connectivity index (χ1) is 10.7. The topological polar surface area (TPSA) is 77.2 Å². The largest absolute Gasteiger partial charge is 0.459 e. The normalized spacial score (nSPS) is 10.4. The Morgan fingerprint density at radius 2 is 2.14 bits per heavy atom. The highest BCUT2D eigenvalue weighted by molar-refractivity contribution is 7.07. The predicted octanol–water partition coefficient (Wildman–Crippen LogP) is 3.74. The van der Waals surface area contributed by atoms with Crippen molar-refractivity contribution in [3.63, 3.8) is 0 Å². The lowest BCUT2D eigenvalue weighted by Gasteiger charge is -2.05. The fraction of sp³-hybridized carbons (Fsp3) is 0.133. The average molecular weight is 315 g/mol. The zero-order chi connectivity index (χ0) is 15.4. The Morgan fingerprint density at radius 1 is 1.32 bits per heavy atom. The lowest BCUT2D eigenvalue weighted by Crippen LogP contribution is -2.10. The molecule has 1 amide bonds. The van der Waals surface area contributed by atoms with Crippen molar-refractivity contribution in [2.75, 3.05) is 5.32 Å². The standard InChI is InChI=1S/C15H13N3O3S/c1-2-13-17-15(22-18-13)21-11-7-5-10(6-8-11)16-14(19)12-4-3-9-20-12/h3-9H,2H2,1H3,(H,16,19). The fourth-order valence-corrected chi connectivity index (χ4v) is 2.36. The molecule has 0 saturated heterocycles. The number of aryl methyl sites for hydroxylation is 1. The van der Waals surface area contributed by atoms with Crippen LogP contribution in [0.3, 0.4) is 0 Å². The highest BCUT2D eigenvalue weighted by Crippen LogP contribution is 2.24. The lowest BCUT2D eigenvalue weighted by atomic mass is 10.3. The molecule has 0 aliphatic rings. The van der Waals surface area contributed by atoms with Crippen molar-refractivity contribution in [2.45, 2.75) is 13.3 Å². The Bertz CT molecular complexity index is 751. The van der Waals surface area contributed by atoms with E-state index in [0.29, 0.717) is 16.6 Å². The summed E-state index contributed by atoms with van der Waals surface area (Å²) in [7, 11) is 0. The summed E-state index contributed by atoms with van der Waals surface area (Å²) in [6, 6.07) is 10.3. The number of nitrogens with zero attached hydrogens (tertiary/aromatic N) is 2. The number of furan rings is 1. The van der Waals surface area contributed by atoms with Gasteiger partial charge < -0.3 is 14.5 Å². The molecule has 0 atom stereocenters. The van der Waals surface area contributed by atoms with Gasteiger partial charge in [0.2, 0.25) is 0 Å². The molecule has 0 radical (unpaired) electrons. The summed E-state index contributed by atoms with van der Waals surface area (Å²) in [4.78, 5) is 16.1. The molecule has 3 aromatic rings.